The van der Waals surface area contributed by atoms with E-state index < -0.39 is 24.2 Å². The van der Waals surface area contributed by atoms with Crippen molar-refractivity contribution >= 4 is 5.97 Å². The average molecular weight is 172 g/mol. The van der Waals surface area contributed by atoms with Gasteiger partial charge < -0.3 is 10.2 Å². The molecule has 0 rings (SSSR count). The zero-order valence-electron chi connectivity index (χ0n) is 5.64. The highest BCUT2D eigenvalue weighted by atomic mass is 19.4. The second-order valence-corrected chi connectivity index (χ2v) is 2.34. The highest BCUT2D eigenvalue weighted by Crippen LogP contribution is 2.32. The first kappa shape index (κ1) is 10.2. The van der Waals surface area contributed by atoms with Gasteiger partial charge in [-0.3, -0.25) is 4.79 Å². The van der Waals surface area contributed by atoms with Crippen LogP contribution < -0.4 is 0 Å². The van der Waals surface area contributed by atoms with Gasteiger partial charge in [0.2, 0.25) is 0 Å². The minimum absolute atomic E-state index is 0.418. The molecule has 0 saturated carbocycles. The number of aliphatic carboxylic acids is 1. The van der Waals surface area contributed by atoms with Crippen molar-refractivity contribution in [2.75, 3.05) is 0 Å². The van der Waals surface area contributed by atoms with Gasteiger partial charge in [0.05, 0.1) is 6.42 Å². The SMILES string of the molecule is C[C@](O)(CC(=O)O)C(F)(F)F. The fourth-order valence-corrected chi connectivity index (χ4v) is 0.395. The summed E-state index contributed by atoms with van der Waals surface area (Å²) < 4.78 is 35.0. The van der Waals surface area contributed by atoms with Gasteiger partial charge in [0, 0.05) is 0 Å². The first-order valence-electron chi connectivity index (χ1n) is 2.68. The maximum atomic E-state index is 11.7. The number of rotatable bonds is 2. The van der Waals surface area contributed by atoms with Gasteiger partial charge >= 0.3 is 12.1 Å². The summed E-state index contributed by atoms with van der Waals surface area (Å²) in [6.07, 6.45) is -6.23. The molecule has 0 aromatic rings. The number of halogens is 3. The Bertz CT molecular complexity index is 161. The van der Waals surface area contributed by atoms with Gasteiger partial charge in [0.15, 0.2) is 5.60 Å². The van der Waals surface area contributed by atoms with Crippen molar-refractivity contribution in [2.24, 2.45) is 0 Å². The lowest BCUT2D eigenvalue weighted by molar-refractivity contribution is -0.255. The van der Waals surface area contributed by atoms with E-state index in [-0.39, 0.29) is 0 Å². The fourth-order valence-electron chi connectivity index (χ4n) is 0.395. The van der Waals surface area contributed by atoms with E-state index in [1.807, 2.05) is 0 Å². The van der Waals surface area contributed by atoms with Crippen molar-refractivity contribution in [3.05, 3.63) is 0 Å². The minimum Gasteiger partial charge on any atom is -0.481 e. The average Bonchev–Trinajstić information content (AvgIpc) is 1.56. The smallest absolute Gasteiger partial charge is 0.417 e. The van der Waals surface area contributed by atoms with Crippen LogP contribution in [-0.2, 0) is 4.79 Å². The third-order valence-electron chi connectivity index (χ3n) is 1.11. The van der Waals surface area contributed by atoms with Crippen molar-refractivity contribution in [1.29, 1.82) is 0 Å². The monoisotopic (exact) mass is 172 g/mol. The number of carbonyl (C=O) groups is 1. The Balaban J connectivity index is 4.34. The number of aliphatic hydroxyl groups is 1. The molecule has 66 valence electrons. The predicted molar refractivity (Wildman–Crippen MR) is 28.9 cm³/mol. The van der Waals surface area contributed by atoms with Gasteiger partial charge in [-0.25, -0.2) is 0 Å². The molecule has 0 radical (unpaired) electrons. The van der Waals surface area contributed by atoms with E-state index >= 15 is 0 Å². The molecule has 6 heteroatoms. The summed E-state index contributed by atoms with van der Waals surface area (Å²) in [7, 11) is 0. The van der Waals surface area contributed by atoms with Crippen LogP contribution in [0.1, 0.15) is 13.3 Å². The molecule has 0 heterocycles. The Hall–Kier alpha value is -0.780. The topological polar surface area (TPSA) is 57.5 Å². The number of carboxylic acids is 1. The molecule has 0 spiro atoms. The van der Waals surface area contributed by atoms with Crippen LogP contribution in [-0.4, -0.2) is 28.0 Å². The van der Waals surface area contributed by atoms with E-state index in [2.05, 4.69) is 0 Å². The van der Waals surface area contributed by atoms with E-state index in [9.17, 15) is 18.0 Å². The highest BCUT2D eigenvalue weighted by molar-refractivity contribution is 5.68. The molecule has 0 aliphatic carbocycles. The number of hydrogen-bond donors (Lipinski definition) is 2. The molecule has 0 saturated heterocycles. The van der Waals surface area contributed by atoms with Crippen LogP contribution in [0.5, 0.6) is 0 Å². The molecule has 0 aromatic heterocycles. The molecule has 0 amide bonds. The standard InChI is InChI=1S/C5H7F3O3/c1-4(11,2-3(9)10)5(6,7)8/h11H,2H2,1H3,(H,9,10)/t4-/m0/s1. The van der Waals surface area contributed by atoms with Crippen LogP contribution in [0.15, 0.2) is 0 Å². The summed E-state index contributed by atoms with van der Waals surface area (Å²) in [4.78, 5) is 9.80. The lowest BCUT2D eigenvalue weighted by Crippen LogP contribution is -2.43. The maximum Gasteiger partial charge on any atom is 0.417 e. The van der Waals surface area contributed by atoms with E-state index in [1.165, 1.54) is 0 Å². The first-order chi connectivity index (χ1) is 4.67. The number of alkyl halides is 3. The lowest BCUT2D eigenvalue weighted by Gasteiger charge is -2.23. The number of hydrogen-bond acceptors (Lipinski definition) is 2. The Morgan fingerprint density at radius 1 is 1.45 bits per heavy atom. The lowest BCUT2D eigenvalue weighted by atomic mass is 10.0. The van der Waals surface area contributed by atoms with Crippen LogP contribution in [0.2, 0.25) is 0 Å². The Morgan fingerprint density at radius 2 is 1.82 bits per heavy atom. The summed E-state index contributed by atoms with van der Waals surface area (Å²) in [6.45, 7) is 0.418. The normalized spacial score (nSPS) is 17.5. The van der Waals surface area contributed by atoms with Crippen molar-refractivity contribution < 1.29 is 28.2 Å². The largest absolute Gasteiger partial charge is 0.481 e. The van der Waals surface area contributed by atoms with Crippen molar-refractivity contribution in [3.63, 3.8) is 0 Å². The predicted octanol–water partition coefficient (Wildman–Crippen LogP) is 0.774. The van der Waals surface area contributed by atoms with Crippen molar-refractivity contribution in [1.82, 2.24) is 0 Å². The van der Waals surface area contributed by atoms with Crippen LogP contribution in [0.4, 0.5) is 13.2 Å². The molecule has 1 atom stereocenters. The zero-order chi connectivity index (χ0) is 9.28. The summed E-state index contributed by atoms with van der Waals surface area (Å²) >= 11 is 0. The zero-order valence-corrected chi connectivity index (χ0v) is 5.64. The molecular formula is C5H7F3O3. The van der Waals surface area contributed by atoms with Crippen molar-refractivity contribution in [2.45, 2.75) is 25.1 Å². The first-order valence-corrected chi connectivity index (χ1v) is 2.68. The summed E-state index contributed by atoms with van der Waals surface area (Å²) in [5.74, 6) is -1.69. The molecule has 0 bridgehead atoms. The van der Waals surface area contributed by atoms with Gasteiger partial charge in [-0.05, 0) is 6.92 Å². The summed E-state index contributed by atoms with van der Waals surface area (Å²) in [5.41, 5.74) is -3.14. The summed E-state index contributed by atoms with van der Waals surface area (Å²) in [5, 5.41) is 16.5. The van der Waals surface area contributed by atoms with E-state index in [0.29, 0.717) is 6.92 Å². The van der Waals surface area contributed by atoms with Crippen LogP contribution in [0.25, 0.3) is 0 Å². The molecule has 3 nitrogen and oxygen atoms in total. The van der Waals surface area contributed by atoms with Crippen LogP contribution in [0.3, 0.4) is 0 Å². The molecule has 0 aliphatic heterocycles. The van der Waals surface area contributed by atoms with Gasteiger partial charge in [0.1, 0.15) is 0 Å². The Morgan fingerprint density at radius 3 is 1.91 bits per heavy atom. The molecule has 2 N–H and O–H groups in total. The molecule has 0 aromatic carbocycles. The highest BCUT2D eigenvalue weighted by Gasteiger charge is 2.51. The second-order valence-electron chi connectivity index (χ2n) is 2.34. The van der Waals surface area contributed by atoms with Crippen LogP contribution >= 0.6 is 0 Å². The molecule has 11 heavy (non-hydrogen) atoms. The van der Waals surface area contributed by atoms with E-state index in [4.69, 9.17) is 10.2 Å². The fraction of sp³-hybridized carbons (Fsp3) is 0.800. The second kappa shape index (κ2) is 2.69. The molecule has 0 aliphatic rings. The van der Waals surface area contributed by atoms with Gasteiger partial charge in [-0.2, -0.15) is 13.2 Å². The summed E-state index contributed by atoms with van der Waals surface area (Å²) in [6, 6.07) is 0. The molecule has 0 fully saturated rings. The maximum absolute atomic E-state index is 11.7. The van der Waals surface area contributed by atoms with Gasteiger partial charge in [0.25, 0.3) is 0 Å². The third kappa shape index (κ3) is 2.75. The van der Waals surface area contributed by atoms with E-state index in [0.717, 1.165) is 0 Å². The molecular weight excluding hydrogens is 165 g/mol. The Labute approximate surface area is 60.4 Å². The number of carboxylic acid groups (broad SMARTS) is 1. The third-order valence-corrected chi connectivity index (χ3v) is 1.11. The van der Waals surface area contributed by atoms with Gasteiger partial charge in [-0.15, -0.1) is 0 Å². The quantitative estimate of drug-likeness (QED) is 0.646. The molecule has 0 unspecified atom stereocenters. The van der Waals surface area contributed by atoms with Crippen molar-refractivity contribution in [3.8, 4) is 0 Å². The van der Waals surface area contributed by atoms with Crippen LogP contribution in [0, 0.1) is 0 Å². The minimum atomic E-state index is -4.90. The van der Waals surface area contributed by atoms with Gasteiger partial charge in [-0.1, -0.05) is 0 Å². The Kier molecular flexibility index (Phi) is 2.50. The van der Waals surface area contributed by atoms with E-state index in [1.54, 1.807) is 0 Å².